The zero-order chi connectivity index (χ0) is 19.8. The second-order valence-electron chi connectivity index (χ2n) is 7.56. The van der Waals surface area contributed by atoms with Gasteiger partial charge >= 0.3 is 0 Å². The average Bonchev–Trinajstić information content (AvgIpc) is 3.14. The minimum atomic E-state index is -0.264. The van der Waals surface area contributed by atoms with Gasteiger partial charge in [-0.15, -0.1) is 0 Å². The number of anilines is 1. The van der Waals surface area contributed by atoms with Gasteiger partial charge in [0.1, 0.15) is 12.4 Å². The number of rotatable bonds is 4. The highest BCUT2D eigenvalue weighted by Crippen LogP contribution is 2.49. The summed E-state index contributed by atoms with van der Waals surface area (Å²) in [5, 5.41) is 10.0. The molecule has 1 fully saturated rings. The van der Waals surface area contributed by atoms with Crippen molar-refractivity contribution in [2.45, 2.75) is 18.5 Å². The molecule has 0 aliphatic carbocycles. The molecule has 2 aromatic carbocycles. The summed E-state index contributed by atoms with van der Waals surface area (Å²) in [6.45, 7) is 0.751. The number of likely N-dealkylation sites (tertiary alicyclic amines) is 1. The van der Waals surface area contributed by atoms with Crippen LogP contribution < -0.4 is 4.90 Å². The molecule has 1 amide bonds. The van der Waals surface area contributed by atoms with E-state index in [2.05, 4.69) is 11.0 Å². The summed E-state index contributed by atoms with van der Waals surface area (Å²) in [7, 11) is 3.52. The second kappa shape index (κ2) is 7.53. The maximum absolute atomic E-state index is 13.3. The molecule has 3 atom stereocenters. The van der Waals surface area contributed by atoms with E-state index in [-0.39, 0.29) is 42.9 Å². The van der Waals surface area contributed by atoms with E-state index >= 15 is 0 Å². The molecule has 148 valence electrons. The maximum atomic E-state index is 13.3. The van der Waals surface area contributed by atoms with Gasteiger partial charge in [0.05, 0.1) is 18.7 Å². The minimum Gasteiger partial charge on any atom is -0.394 e. The number of nitrogens with zero attached hydrogens (tertiary/aromatic N) is 2. The third-order valence-corrected chi connectivity index (χ3v) is 6.12. The Morgan fingerprint density at radius 2 is 1.93 bits per heavy atom. The first-order chi connectivity index (χ1) is 13.5. The number of aliphatic hydroxyl groups excluding tert-OH is 1. The zero-order valence-electron chi connectivity index (χ0n) is 16.1. The van der Waals surface area contributed by atoms with Crippen LogP contribution in [0.1, 0.15) is 18.0 Å². The number of carbonyl (C=O) groups is 1. The third kappa shape index (κ3) is 3.06. The van der Waals surface area contributed by atoms with E-state index in [1.165, 1.54) is 19.2 Å². The number of amides is 1. The molecule has 1 saturated heterocycles. The molecule has 6 heteroatoms. The molecular formula is C22H25FN2O3. The zero-order valence-corrected chi connectivity index (χ0v) is 16.1. The first-order valence-corrected chi connectivity index (χ1v) is 9.57. The number of likely N-dealkylation sites (N-methyl/N-ethyl adjacent to an activating group) is 1. The largest absolute Gasteiger partial charge is 0.394 e. The Hall–Kier alpha value is -2.44. The van der Waals surface area contributed by atoms with E-state index in [4.69, 9.17) is 4.74 Å². The number of hydrogen-bond donors (Lipinski definition) is 1. The number of carbonyl (C=O) groups excluding carboxylic acids is 1. The van der Waals surface area contributed by atoms with Crippen molar-refractivity contribution in [1.29, 1.82) is 0 Å². The summed E-state index contributed by atoms with van der Waals surface area (Å²) in [4.78, 5) is 16.7. The van der Waals surface area contributed by atoms with Gasteiger partial charge in [0.2, 0.25) is 5.91 Å². The van der Waals surface area contributed by atoms with Gasteiger partial charge in [-0.1, -0.05) is 18.2 Å². The topological polar surface area (TPSA) is 53.0 Å². The highest BCUT2D eigenvalue weighted by Gasteiger charge is 2.47. The van der Waals surface area contributed by atoms with Crippen molar-refractivity contribution in [2.75, 3.05) is 38.8 Å². The van der Waals surface area contributed by atoms with Gasteiger partial charge in [-0.25, -0.2) is 4.39 Å². The molecular weight excluding hydrogens is 359 g/mol. The fraction of sp³-hybridized carbons (Fsp3) is 0.409. The van der Waals surface area contributed by atoms with Crippen LogP contribution in [0.15, 0.2) is 42.5 Å². The molecule has 5 nitrogen and oxygen atoms in total. The molecule has 2 heterocycles. The number of halogens is 1. The van der Waals surface area contributed by atoms with E-state index in [9.17, 15) is 14.3 Å². The highest BCUT2D eigenvalue weighted by molar-refractivity contribution is 5.80. The van der Waals surface area contributed by atoms with Crippen molar-refractivity contribution in [2.24, 2.45) is 5.92 Å². The van der Waals surface area contributed by atoms with Crippen LogP contribution >= 0.6 is 0 Å². The van der Waals surface area contributed by atoms with Gasteiger partial charge in [0.25, 0.3) is 0 Å². The fourth-order valence-corrected chi connectivity index (χ4v) is 4.76. The quantitative estimate of drug-likeness (QED) is 0.881. The number of fused-ring (bicyclic) bond motifs is 3. The van der Waals surface area contributed by atoms with Crippen LogP contribution in [0.2, 0.25) is 0 Å². The number of methoxy groups -OCH3 is 1. The van der Waals surface area contributed by atoms with Gasteiger partial charge in [-0.3, -0.25) is 4.79 Å². The van der Waals surface area contributed by atoms with Crippen molar-refractivity contribution in [3.8, 4) is 11.1 Å². The number of ether oxygens (including phenoxy) is 1. The van der Waals surface area contributed by atoms with Crippen LogP contribution in [0.4, 0.5) is 10.1 Å². The summed E-state index contributed by atoms with van der Waals surface area (Å²) in [6.07, 6.45) is 0.843. The van der Waals surface area contributed by atoms with E-state index in [1.54, 1.807) is 12.1 Å². The molecule has 0 unspecified atom stereocenters. The van der Waals surface area contributed by atoms with Crippen molar-refractivity contribution in [3.05, 3.63) is 53.8 Å². The van der Waals surface area contributed by atoms with E-state index in [0.717, 1.165) is 28.8 Å². The molecule has 0 saturated carbocycles. The number of benzene rings is 2. The second-order valence-corrected chi connectivity index (χ2v) is 7.56. The van der Waals surface area contributed by atoms with Crippen molar-refractivity contribution in [1.82, 2.24) is 4.90 Å². The summed E-state index contributed by atoms with van der Waals surface area (Å²) < 4.78 is 18.4. The molecule has 4 rings (SSSR count). The Morgan fingerprint density at radius 1 is 1.21 bits per heavy atom. The molecule has 28 heavy (non-hydrogen) atoms. The summed E-state index contributed by atoms with van der Waals surface area (Å²) in [5.74, 6) is -0.138. The van der Waals surface area contributed by atoms with Gasteiger partial charge in [0, 0.05) is 32.3 Å². The van der Waals surface area contributed by atoms with Crippen molar-refractivity contribution >= 4 is 11.6 Å². The molecule has 0 aromatic heterocycles. The highest BCUT2D eigenvalue weighted by atomic mass is 19.1. The van der Waals surface area contributed by atoms with Crippen LogP contribution in [0.5, 0.6) is 0 Å². The Balaban J connectivity index is 1.80. The lowest BCUT2D eigenvalue weighted by Crippen LogP contribution is -2.48. The molecule has 2 aliphatic heterocycles. The van der Waals surface area contributed by atoms with Crippen LogP contribution in [-0.4, -0.2) is 55.9 Å². The predicted molar refractivity (Wildman–Crippen MR) is 106 cm³/mol. The van der Waals surface area contributed by atoms with Crippen LogP contribution in [0, 0.1) is 11.7 Å². The minimum absolute atomic E-state index is 0.0329. The lowest BCUT2D eigenvalue weighted by Gasteiger charge is -2.44. The lowest BCUT2D eigenvalue weighted by atomic mass is 9.81. The smallest absolute Gasteiger partial charge is 0.249 e. The van der Waals surface area contributed by atoms with E-state index in [0.29, 0.717) is 6.54 Å². The first kappa shape index (κ1) is 18.9. The van der Waals surface area contributed by atoms with E-state index in [1.807, 2.05) is 24.1 Å². The Morgan fingerprint density at radius 3 is 2.61 bits per heavy atom. The molecule has 2 aliphatic rings. The Labute approximate surface area is 164 Å². The van der Waals surface area contributed by atoms with Gasteiger partial charge in [0.15, 0.2) is 0 Å². The van der Waals surface area contributed by atoms with Gasteiger partial charge in [-0.2, -0.15) is 0 Å². The molecule has 0 spiro atoms. The van der Waals surface area contributed by atoms with Crippen molar-refractivity contribution in [3.63, 3.8) is 0 Å². The standard InChI is InChI=1S/C22H25FN2O3/c1-24-19-8-5-15(14-3-6-16(23)7-4-14)11-18(19)22-17(20(24)12-26)9-10-25(22)21(27)13-28-2/h3-8,11,17,20,22,26H,9-10,12-13H2,1-2H3/t17-,20-,22-/m1/s1. The monoisotopic (exact) mass is 384 g/mol. The fourth-order valence-electron chi connectivity index (χ4n) is 4.76. The molecule has 1 N–H and O–H groups in total. The number of hydrogen-bond acceptors (Lipinski definition) is 4. The molecule has 0 radical (unpaired) electrons. The van der Waals surface area contributed by atoms with Crippen LogP contribution in [-0.2, 0) is 9.53 Å². The molecule has 2 aromatic rings. The van der Waals surface area contributed by atoms with Gasteiger partial charge in [-0.05, 0) is 47.4 Å². The third-order valence-electron chi connectivity index (χ3n) is 6.12. The van der Waals surface area contributed by atoms with Crippen LogP contribution in [0.25, 0.3) is 11.1 Å². The normalized spacial score (nSPS) is 23.5. The average molecular weight is 384 g/mol. The van der Waals surface area contributed by atoms with E-state index < -0.39 is 0 Å². The summed E-state index contributed by atoms with van der Waals surface area (Å²) in [5.41, 5.74) is 4.00. The summed E-state index contributed by atoms with van der Waals surface area (Å²) >= 11 is 0. The summed E-state index contributed by atoms with van der Waals surface area (Å²) in [6, 6.07) is 12.5. The van der Waals surface area contributed by atoms with Gasteiger partial charge < -0.3 is 19.6 Å². The maximum Gasteiger partial charge on any atom is 0.249 e. The Bertz CT molecular complexity index is 871. The molecule has 0 bridgehead atoms. The van der Waals surface area contributed by atoms with Crippen molar-refractivity contribution < 1.29 is 19.0 Å². The SMILES string of the molecule is COCC(=O)N1CC[C@@H]2[C@@H](CO)N(C)c3ccc(-c4ccc(F)cc4)cc3[C@@H]21. The predicted octanol–water partition coefficient (Wildman–Crippen LogP) is 2.84. The van der Waals surface area contributed by atoms with Crippen LogP contribution in [0.3, 0.4) is 0 Å². The first-order valence-electron chi connectivity index (χ1n) is 9.57. The lowest BCUT2D eigenvalue weighted by molar-refractivity contribution is -0.136. The Kier molecular flexibility index (Phi) is 5.08. The number of aliphatic hydroxyl groups is 1.